The first kappa shape index (κ1) is 16.9. The van der Waals surface area contributed by atoms with Crippen molar-refractivity contribution in [1.82, 2.24) is 19.9 Å². The highest BCUT2D eigenvalue weighted by atomic mass is 16.3. The molecule has 134 valence electrons. The highest BCUT2D eigenvalue weighted by molar-refractivity contribution is 5.79. The fraction of sp³-hybridized carbons (Fsp3) is 0.381. The fourth-order valence-corrected chi connectivity index (χ4v) is 3.77. The predicted octanol–water partition coefficient (Wildman–Crippen LogP) is 3.82. The molecule has 1 aromatic carbocycles. The molecule has 5 nitrogen and oxygen atoms in total. The third-order valence-corrected chi connectivity index (χ3v) is 5.20. The van der Waals surface area contributed by atoms with E-state index in [-0.39, 0.29) is 5.75 Å². The average molecular weight is 348 g/mol. The van der Waals surface area contributed by atoms with E-state index in [2.05, 4.69) is 16.9 Å². The maximum Gasteiger partial charge on any atom is 0.179 e. The summed E-state index contributed by atoms with van der Waals surface area (Å²) in [4.78, 5) is 16.5. The summed E-state index contributed by atoms with van der Waals surface area (Å²) in [5.74, 6) is 0.656. The van der Waals surface area contributed by atoms with E-state index in [1.54, 1.807) is 6.07 Å². The first-order chi connectivity index (χ1) is 12.5. The molecule has 0 amide bonds. The maximum atomic E-state index is 10.3. The first-order valence-corrected chi connectivity index (χ1v) is 9.14. The van der Waals surface area contributed by atoms with Gasteiger partial charge in [0.25, 0.3) is 0 Å². The molecule has 0 spiro atoms. The number of hydrogen-bond acceptors (Lipinski definition) is 5. The van der Waals surface area contributed by atoms with Crippen LogP contribution in [0.3, 0.4) is 0 Å². The van der Waals surface area contributed by atoms with Gasteiger partial charge in [0.15, 0.2) is 5.65 Å². The van der Waals surface area contributed by atoms with Gasteiger partial charge in [-0.15, -0.1) is 0 Å². The largest absolute Gasteiger partial charge is 0.507 e. The number of hydrogen-bond donors (Lipinski definition) is 1. The molecule has 0 radical (unpaired) electrons. The van der Waals surface area contributed by atoms with E-state index in [0.717, 1.165) is 53.1 Å². The minimum atomic E-state index is 0.248. The molecule has 0 bridgehead atoms. The van der Waals surface area contributed by atoms with Crippen LogP contribution in [0.1, 0.15) is 35.6 Å². The minimum absolute atomic E-state index is 0.248. The number of likely N-dealkylation sites (tertiary alicyclic amines) is 1. The van der Waals surface area contributed by atoms with Gasteiger partial charge in [0.05, 0.1) is 11.4 Å². The summed E-state index contributed by atoms with van der Waals surface area (Å²) in [5, 5.41) is 10.3. The summed E-state index contributed by atoms with van der Waals surface area (Å²) in [6.45, 7) is 6.11. The van der Waals surface area contributed by atoms with E-state index in [1.807, 2.05) is 38.2 Å². The van der Waals surface area contributed by atoms with E-state index < -0.39 is 0 Å². The molecular weight excluding hydrogens is 324 g/mol. The van der Waals surface area contributed by atoms with Crippen LogP contribution in [0, 0.1) is 13.8 Å². The Morgan fingerprint density at radius 2 is 2.00 bits per heavy atom. The Labute approximate surface area is 153 Å². The smallest absolute Gasteiger partial charge is 0.179 e. The molecule has 5 heteroatoms. The second-order valence-corrected chi connectivity index (χ2v) is 7.41. The molecule has 0 unspecified atom stereocenters. The zero-order valence-corrected chi connectivity index (χ0v) is 15.5. The number of aryl methyl sites for hydroxylation is 2. The predicted molar refractivity (Wildman–Crippen MR) is 103 cm³/mol. The van der Waals surface area contributed by atoms with E-state index in [9.17, 15) is 5.11 Å². The van der Waals surface area contributed by atoms with Crippen molar-refractivity contribution in [1.29, 1.82) is 0 Å². The lowest BCUT2D eigenvalue weighted by molar-refractivity contribution is 0.248. The van der Waals surface area contributed by atoms with Crippen molar-refractivity contribution in [2.24, 2.45) is 0 Å². The number of likely N-dealkylation sites (N-methyl/N-ethyl adjacent to an activating group) is 1. The number of phenols is 1. The molecule has 2 aromatic heterocycles. The first-order valence-electron chi connectivity index (χ1n) is 9.14. The molecule has 4 rings (SSSR count). The summed E-state index contributed by atoms with van der Waals surface area (Å²) in [6, 6.07) is 7.67. The number of benzene rings is 1. The lowest BCUT2D eigenvalue weighted by Crippen LogP contribution is -2.31. The standard InChI is InChI=1S/C21H24N4O/c1-13-6-7-16(19(26)9-13)20-14(2)10-17-21(24-20)23-18(11-22-17)15-5-4-8-25(3)12-15/h6-7,9-11,15,26H,4-5,8,12H2,1-3H3/t15-/m1/s1. The number of aromatic nitrogens is 3. The number of piperidine rings is 1. The van der Waals surface area contributed by atoms with Crippen LogP contribution >= 0.6 is 0 Å². The quantitative estimate of drug-likeness (QED) is 0.763. The lowest BCUT2D eigenvalue weighted by atomic mass is 9.95. The van der Waals surface area contributed by atoms with Crippen LogP contribution in [-0.4, -0.2) is 45.1 Å². The summed E-state index contributed by atoms with van der Waals surface area (Å²) in [5.41, 5.74) is 5.97. The number of fused-ring (bicyclic) bond motifs is 1. The average Bonchev–Trinajstić information content (AvgIpc) is 2.61. The van der Waals surface area contributed by atoms with Gasteiger partial charge in [-0.25, -0.2) is 9.97 Å². The normalized spacial score (nSPS) is 18.3. The fourth-order valence-electron chi connectivity index (χ4n) is 3.77. The van der Waals surface area contributed by atoms with Gasteiger partial charge in [0.2, 0.25) is 0 Å². The molecule has 26 heavy (non-hydrogen) atoms. The van der Waals surface area contributed by atoms with Crippen LogP contribution in [0.5, 0.6) is 5.75 Å². The van der Waals surface area contributed by atoms with Crippen molar-refractivity contribution in [3.63, 3.8) is 0 Å². The summed E-state index contributed by atoms with van der Waals surface area (Å²) < 4.78 is 0. The lowest BCUT2D eigenvalue weighted by Gasteiger charge is -2.29. The van der Waals surface area contributed by atoms with Gasteiger partial charge in [0.1, 0.15) is 11.3 Å². The van der Waals surface area contributed by atoms with Crippen LogP contribution < -0.4 is 0 Å². The van der Waals surface area contributed by atoms with Gasteiger partial charge >= 0.3 is 0 Å². The SMILES string of the molecule is Cc1ccc(-c2nc3nc([C@@H]4CCCN(C)C4)cnc3cc2C)c(O)c1. The molecule has 1 saturated heterocycles. The van der Waals surface area contributed by atoms with Gasteiger partial charge < -0.3 is 10.0 Å². The Morgan fingerprint density at radius 3 is 2.77 bits per heavy atom. The van der Waals surface area contributed by atoms with Crippen LogP contribution in [0.2, 0.25) is 0 Å². The third kappa shape index (κ3) is 3.15. The number of pyridine rings is 1. The van der Waals surface area contributed by atoms with Crippen molar-refractivity contribution < 1.29 is 5.11 Å². The zero-order valence-electron chi connectivity index (χ0n) is 15.5. The minimum Gasteiger partial charge on any atom is -0.507 e. The molecular formula is C21H24N4O. The van der Waals surface area contributed by atoms with Crippen LogP contribution in [0.25, 0.3) is 22.4 Å². The third-order valence-electron chi connectivity index (χ3n) is 5.20. The molecule has 1 N–H and O–H groups in total. The Hall–Kier alpha value is -2.53. The summed E-state index contributed by atoms with van der Waals surface area (Å²) >= 11 is 0. The van der Waals surface area contributed by atoms with Gasteiger partial charge in [0, 0.05) is 24.2 Å². The number of phenolic OH excluding ortho intramolecular Hbond substituents is 1. The zero-order chi connectivity index (χ0) is 18.3. The van der Waals surface area contributed by atoms with Crippen molar-refractivity contribution in [3.05, 3.63) is 47.3 Å². The maximum absolute atomic E-state index is 10.3. The van der Waals surface area contributed by atoms with Gasteiger partial charge in [-0.1, -0.05) is 6.07 Å². The monoisotopic (exact) mass is 348 g/mol. The van der Waals surface area contributed by atoms with E-state index in [0.29, 0.717) is 11.6 Å². The van der Waals surface area contributed by atoms with Crippen LogP contribution in [-0.2, 0) is 0 Å². The van der Waals surface area contributed by atoms with Gasteiger partial charge in [-0.3, -0.25) is 4.98 Å². The Bertz CT molecular complexity index is 970. The Balaban J connectivity index is 1.79. The summed E-state index contributed by atoms with van der Waals surface area (Å²) in [7, 11) is 2.15. The van der Waals surface area contributed by atoms with Crippen molar-refractivity contribution >= 4 is 11.2 Å². The summed E-state index contributed by atoms with van der Waals surface area (Å²) in [6.07, 6.45) is 4.23. The Morgan fingerprint density at radius 1 is 1.15 bits per heavy atom. The molecule has 1 aliphatic heterocycles. The van der Waals surface area contributed by atoms with E-state index in [1.165, 1.54) is 6.42 Å². The highest BCUT2D eigenvalue weighted by Gasteiger charge is 2.21. The van der Waals surface area contributed by atoms with Crippen molar-refractivity contribution in [2.45, 2.75) is 32.6 Å². The second-order valence-electron chi connectivity index (χ2n) is 7.41. The van der Waals surface area contributed by atoms with E-state index in [4.69, 9.17) is 9.97 Å². The van der Waals surface area contributed by atoms with Gasteiger partial charge in [-0.05, 0) is 69.6 Å². The van der Waals surface area contributed by atoms with Crippen molar-refractivity contribution in [2.75, 3.05) is 20.1 Å². The molecule has 1 atom stereocenters. The molecule has 3 heterocycles. The van der Waals surface area contributed by atoms with E-state index >= 15 is 0 Å². The highest BCUT2D eigenvalue weighted by Crippen LogP contribution is 2.32. The molecule has 3 aromatic rings. The number of rotatable bonds is 2. The molecule has 0 aliphatic carbocycles. The second kappa shape index (κ2) is 6.65. The number of nitrogens with zero attached hydrogens (tertiary/aromatic N) is 4. The van der Waals surface area contributed by atoms with Gasteiger partial charge in [-0.2, -0.15) is 0 Å². The topological polar surface area (TPSA) is 62.1 Å². The molecule has 1 aliphatic rings. The molecule has 1 fully saturated rings. The van der Waals surface area contributed by atoms with Crippen LogP contribution in [0.15, 0.2) is 30.5 Å². The van der Waals surface area contributed by atoms with Crippen LogP contribution in [0.4, 0.5) is 0 Å². The number of aromatic hydroxyl groups is 1. The molecule has 0 saturated carbocycles. The Kier molecular flexibility index (Phi) is 4.32. The van der Waals surface area contributed by atoms with Crippen molar-refractivity contribution in [3.8, 4) is 17.0 Å².